The third-order valence-corrected chi connectivity index (χ3v) is 3.43. The molecule has 20 heavy (non-hydrogen) atoms. The highest BCUT2D eigenvalue weighted by Gasteiger charge is 2.16. The first-order valence-electron chi connectivity index (χ1n) is 7.02. The first-order chi connectivity index (χ1) is 9.49. The van der Waals surface area contributed by atoms with Gasteiger partial charge in [0.25, 0.3) is 5.91 Å². The fourth-order valence-corrected chi connectivity index (χ4v) is 2.02. The molecule has 0 aliphatic carbocycles. The van der Waals surface area contributed by atoms with Crippen molar-refractivity contribution in [2.75, 3.05) is 12.3 Å². The summed E-state index contributed by atoms with van der Waals surface area (Å²) in [6, 6.07) is 1.67. The third-order valence-electron chi connectivity index (χ3n) is 3.43. The molecule has 1 aromatic rings. The molecule has 0 heterocycles. The van der Waals surface area contributed by atoms with Crippen molar-refractivity contribution in [3.63, 3.8) is 0 Å². The van der Waals surface area contributed by atoms with Gasteiger partial charge in [-0.05, 0) is 18.4 Å². The van der Waals surface area contributed by atoms with E-state index in [1.165, 1.54) is 0 Å². The molecule has 3 nitrogen and oxygen atoms in total. The van der Waals surface area contributed by atoms with Gasteiger partial charge in [0, 0.05) is 12.6 Å². The van der Waals surface area contributed by atoms with E-state index in [0.29, 0.717) is 18.5 Å². The van der Waals surface area contributed by atoms with Gasteiger partial charge < -0.3 is 11.1 Å². The maximum Gasteiger partial charge on any atom is 0.254 e. The molecular formula is C15H22F2N2O. The minimum absolute atomic E-state index is 0.214. The van der Waals surface area contributed by atoms with Gasteiger partial charge in [-0.25, -0.2) is 8.78 Å². The molecule has 0 bridgehead atoms. The quantitative estimate of drug-likeness (QED) is 0.753. The molecule has 0 aliphatic rings. The van der Waals surface area contributed by atoms with Crippen molar-refractivity contribution in [2.24, 2.45) is 5.92 Å². The van der Waals surface area contributed by atoms with Crippen molar-refractivity contribution < 1.29 is 13.6 Å². The van der Waals surface area contributed by atoms with E-state index in [2.05, 4.69) is 19.2 Å². The third kappa shape index (κ3) is 4.47. The van der Waals surface area contributed by atoms with Crippen molar-refractivity contribution >= 4 is 11.6 Å². The summed E-state index contributed by atoms with van der Waals surface area (Å²) in [6.45, 7) is 4.66. The Morgan fingerprint density at radius 1 is 1.30 bits per heavy atom. The molecule has 0 radical (unpaired) electrons. The lowest BCUT2D eigenvalue weighted by atomic mass is 9.99. The standard InChI is InChI=1S/C15H22F2N2O/c1-3-5-6-10(4-2)9-19-15(20)11-7-14(18)13(17)8-12(11)16/h7-8,10H,3-6,9,18H2,1-2H3,(H,19,20). The Kier molecular flexibility index (Phi) is 6.42. The van der Waals surface area contributed by atoms with Crippen LogP contribution in [-0.2, 0) is 0 Å². The van der Waals surface area contributed by atoms with Gasteiger partial charge in [-0.1, -0.05) is 33.1 Å². The van der Waals surface area contributed by atoms with Crippen molar-refractivity contribution in [2.45, 2.75) is 39.5 Å². The molecule has 3 N–H and O–H groups in total. The molecule has 0 spiro atoms. The van der Waals surface area contributed by atoms with Crippen LogP contribution in [0.25, 0.3) is 0 Å². The number of halogens is 2. The molecule has 1 rings (SSSR count). The van der Waals surface area contributed by atoms with Gasteiger partial charge in [0.05, 0.1) is 11.3 Å². The van der Waals surface area contributed by atoms with Crippen LogP contribution in [0.15, 0.2) is 12.1 Å². The predicted octanol–water partition coefficient (Wildman–Crippen LogP) is 3.49. The Bertz CT molecular complexity index is 463. The van der Waals surface area contributed by atoms with Crippen LogP contribution in [0.1, 0.15) is 49.9 Å². The van der Waals surface area contributed by atoms with Crippen molar-refractivity contribution in [1.82, 2.24) is 5.32 Å². The fraction of sp³-hybridized carbons (Fsp3) is 0.533. The highest BCUT2D eigenvalue weighted by atomic mass is 19.1. The molecule has 0 aromatic heterocycles. The number of rotatable bonds is 7. The van der Waals surface area contributed by atoms with E-state index in [0.717, 1.165) is 31.7 Å². The number of nitrogens with one attached hydrogen (secondary N) is 1. The molecule has 1 amide bonds. The number of hydrogen-bond donors (Lipinski definition) is 2. The number of unbranched alkanes of at least 4 members (excludes halogenated alkanes) is 1. The molecule has 0 saturated heterocycles. The zero-order valence-electron chi connectivity index (χ0n) is 12.0. The van der Waals surface area contributed by atoms with Gasteiger partial charge in [0.15, 0.2) is 0 Å². The number of carbonyl (C=O) groups excluding carboxylic acids is 1. The Morgan fingerprint density at radius 2 is 2.00 bits per heavy atom. The van der Waals surface area contributed by atoms with Gasteiger partial charge >= 0.3 is 0 Å². The zero-order chi connectivity index (χ0) is 15.1. The molecule has 0 fully saturated rings. The van der Waals surface area contributed by atoms with Crippen molar-refractivity contribution in [1.29, 1.82) is 0 Å². The van der Waals surface area contributed by atoms with Gasteiger partial charge in [-0.15, -0.1) is 0 Å². The second kappa shape index (κ2) is 7.82. The molecule has 0 aliphatic heterocycles. The van der Waals surface area contributed by atoms with E-state index < -0.39 is 17.5 Å². The SMILES string of the molecule is CCCCC(CC)CNC(=O)c1cc(N)c(F)cc1F. The minimum Gasteiger partial charge on any atom is -0.396 e. The number of hydrogen-bond acceptors (Lipinski definition) is 2. The summed E-state index contributed by atoms with van der Waals surface area (Å²) in [6.07, 6.45) is 4.19. The highest BCUT2D eigenvalue weighted by Crippen LogP contribution is 2.17. The Morgan fingerprint density at radius 3 is 2.60 bits per heavy atom. The first kappa shape index (κ1) is 16.4. The molecular weight excluding hydrogens is 262 g/mol. The maximum atomic E-state index is 13.5. The predicted molar refractivity (Wildman–Crippen MR) is 76.4 cm³/mol. The fourth-order valence-electron chi connectivity index (χ4n) is 2.02. The van der Waals surface area contributed by atoms with Crippen LogP contribution < -0.4 is 11.1 Å². The number of amides is 1. The summed E-state index contributed by atoms with van der Waals surface area (Å²) < 4.78 is 26.6. The summed E-state index contributed by atoms with van der Waals surface area (Å²) >= 11 is 0. The van der Waals surface area contributed by atoms with E-state index in [1.807, 2.05) is 0 Å². The topological polar surface area (TPSA) is 55.1 Å². The van der Waals surface area contributed by atoms with Gasteiger partial charge in [0.1, 0.15) is 11.6 Å². The average molecular weight is 284 g/mol. The largest absolute Gasteiger partial charge is 0.396 e. The molecule has 5 heteroatoms. The summed E-state index contributed by atoms with van der Waals surface area (Å²) in [5.74, 6) is -1.92. The van der Waals surface area contributed by atoms with E-state index in [4.69, 9.17) is 5.73 Å². The monoisotopic (exact) mass is 284 g/mol. The van der Waals surface area contributed by atoms with Crippen LogP contribution in [0, 0.1) is 17.6 Å². The lowest BCUT2D eigenvalue weighted by Crippen LogP contribution is -2.30. The Labute approximate surface area is 118 Å². The van der Waals surface area contributed by atoms with Crippen LogP contribution in [0.4, 0.5) is 14.5 Å². The van der Waals surface area contributed by atoms with Crippen LogP contribution in [0.3, 0.4) is 0 Å². The van der Waals surface area contributed by atoms with E-state index in [9.17, 15) is 13.6 Å². The molecule has 1 atom stereocenters. The number of nitrogens with two attached hydrogens (primary N) is 1. The number of anilines is 1. The zero-order valence-corrected chi connectivity index (χ0v) is 12.0. The van der Waals surface area contributed by atoms with Crippen molar-refractivity contribution in [3.8, 4) is 0 Å². The second-order valence-electron chi connectivity index (χ2n) is 4.98. The normalized spacial score (nSPS) is 12.2. The maximum absolute atomic E-state index is 13.5. The van der Waals surface area contributed by atoms with Crippen LogP contribution in [-0.4, -0.2) is 12.5 Å². The summed E-state index contributed by atoms with van der Waals surface area (Å²) in [7, 11) is 0. The molecule has 112 valence electrons. The molecule has 0 saturated carbocycles. The number of carbonyl (C=O) groups is 1. The van der Waals surface area contributed by atoms with Crippen LogP contribution in [0.5, 0.6) is 0 Å². The van der Waals surface area contributed by atoms with E-state index in [1.54, 1.807) is 0 Å². The summed E-state index contributed by atoms with van der Waals surface area (Å²) in [4.78, 5) is 11.9. The highest BCUT2D eigenvalue weighted by molar-refractivity contribution is 5.95. The smallest absolute Gasteiger partial charge is 0.254 e. The Hall–Kier alpha value is -1.65. The van der Waals surface area contributed by atoms with Gasteiger partial charge in [0.2, 0.25) is 0 Å². The lowest BCUT2D eigenvalue weighted by Gasteiger charge is -2.15. The Balaban J connectivity index is 2.65. The van der Waals surface area contributed by atoms with E-state index >= 15 is 0 Å². The number of benzene rings is 1. The first-order valence-corrected chi connectivity index (χ1v) is 7.02. The second-order valence-corrected chi connectivity index (χ2v) is 4.98. The summed E-state index contributed by atoms with van der Waals surface area (Å²) in [5.41, 5.74) is 4.91. The van der Waals surface area contributed by atoms with E-state index in [-0.39, 0.29) is 11.3 Å². The van der Waals surface area contributed by atoms with Crippen molar-refractivity contribution in [3.05, 3.63) is 29.3 Å². The minimum atomic E-state index is -0.893. The lowest BCUT2D eigenvalue weighted by molar-refractivity contribution is 0.0941. The molecule has 1 aromatic carbocycles. The number of nitrogen functional groups attached to an aromatic ring is 1. The summed E-state index contributed by atoms with van der Waals surface area (Å²) in [5, 5.41) is 2.69. The average Bonchev–Trinajstić information content (AvgIpc) is 2.42. The van der Waals surface area contributed by atoms with Crippen LogP contribution >= 0.6 is 0 Å². The molecule has 1 unspecified atom stereocenters. The van der Waals surface area contributed by atoms with Gasteiger partial charge in [-0.2, -0.15) is 0 Å². The van der Waals surface area contributed by atoms with Gasteiger partial charge in [-0.3, -0.25) is 4.79 Å². The van der Waals surface area contributed by atoms with Crippen LogP contribution in [0.2, 0.25) is 0 Å².